The summed E-state index contributed by atoms with van der Waals surface area (Å²) in [6, 6.07) is 0. The molecule has 9 nitrogen and oxygen atoms in total. The molecular weight excluding hydrogens is 456 g/mol. The summed E-state index contributed by atoms with van der Waals surface area (Å²) in [6.45, 7) is 6.16. The summed E-state index contributed by atoms with van der Waals surface area (Å²) < 4.78 is 10.2. The molecule has 0 aromatic heterocycles. The fourth-order valence-corrected chi connectivity index (χ4v) is 2.72. The molecule has 0 aliphatic carbocycles. The van der Waals surface area contributed by atoms with Crippen LogP contribution in [0.2, 0.25) is 0 Å². The molecule has 1 rings (SSSR count). The Morgan fingerprint density at radius 2 is 1.29 bits per heavy atom. The van der Waals surface area contributed by atoms with Crippen molar-refractivity contribution in [1.82, 2.24) is 0 Å². The molecule has 1 aliphatic heterocycles. The van der Waals surface area contributed by atoms with Gasteiger partial charge in [-0.15, -0.1) is 0 Å². The molecule has 1 fully saturated rings. The van der Waals surface area contributed by atoms with E-state index in [-0.39, 0.29) is 11.1 Å². The topological polar surface area (TPSA) is 154 Å². The van der Waals surface area contributed by atoms with Gasteiger partial charge in [-0.05, 0) is 27.7 Å². The number of carboxylic acids is 1. The molecule has 1 aliphatic rings. The Labute approximate surface area is 205 Å². The summed E-state index contributed by atoms with van der Waals surface area (Å²) in [5.74, 6) is -1.75. The minimum absolute atomic E-state index is 0.207. The molecule has 35 heavy (non-hydrogen) atoms. The van der Waals surface area contributed by atoms with Gasteiger partial charge in [0.05, 0.1) is 6.61 Å². The molecule has 5 atom stereocenters. The highest BCUT2D eigenvalue weighted by molar-refractivity contribution is 5.88. The lowest BCUT2D eigenvalue weighted by Gasteiger charge is -2.39. The lowest BCUT2D eigenvalue weighted by atomic mass is 9.99. The summed E-state index contributed by atoms with van der Waals surface area (Å²) in [5.41, 5.74) is 2.29. The predicted octanol–water partition coefficient (Wildman–Crippen LogP) is 1.87. The monoisotopic (exact) mass is 490 g/mol. The van der Waals surface area contributed by atoms with Crippen LogP contribution in [0.3, 0.4) is 0 Å². The van der Waals surface area contributed by atoms with Gasteiger partial charge < -0.3 is 35.0 Å². The third kappa shape index (κ3) is 10.4. The third-order valence-electron chi connectivity index (χ3n) is 4.97. The highest BCUT2D eigenvalue weighted by atomic mass is 16.7. The van der Waals surface area contributed by atoms with Crippen molar-refractivity contribution >= 4 is 11.9 Å². The number of aliphatic hydroxyl groups excluding tert-OH is 4. The quantitative estimate of drug-likeness (QED) is 0.175. The molecule has 0 aromatic rings. The van der Waals surface area contributed by atoms with Crippen molar-refractivity contribution in [1.29, 1.82) is 0 Å². The van der Waals surface area contributed by atoms with E-state index < -0.39 is 49.3 Å². The number of ether oxygens (including phenoxy) is 2. The van der Waals surface area contributed by atoms with Crippen molar-refractivity contribution in [2.75, 3.05) is 6.61 Å². The second-order valence-corrected chi connectivity index (χ2v) is 8.03. The minimum Gasteiger partial charge on any atom is -0.478 e. The zero-order valence-electron chi connectivity index (χ0n) is 20.2. The van der Waals surface area contributed by atoms with Crippen LogP contribution in [0.4, 0.5) is 0 Å². The van der Waals surface area contributed by atoms with E-state index in [1.165, 1.54) is 26.0 Å². The van der Waals surface area contributed by atoms with Gasteiger partial charge in [-0.25, -0.2) is 9.59 Å². The number of hydrogen-bond donors (Lipinski definition) is 5. The second-order valence-electron chi connectivity index (χ2n) is 8.03. The summed E-state index contributed by atoms with van der Waals surface area (Å²) in [7, 11) is 0. The van der Waals surface area contributed by atoms with Gasteiger partial charge in [0.15, 0.2) is 0 Å². The van der Waals surface area contributed by atoms with Crippen molar-refractivity contribution in [2.45, 2.75) is 58.4 Å². The Balaban J connectivity index is 2.64. The fourth-order valence-electron chi connectivity index (χ4n) is 2.72. The van der Waals surface area contributed by atoms with E-state index >= 15 is 0 Å². The van der Waals surface area contributed by atoms with E-state index in [1.54, 1.807) is 24.3 Å². The van der Waals surface area contributed by atoms with E-state index in [9.17, 15) is 30.0 Å². The number of carboxylic acid groups (broad SMARTS) is 1. The number of aliphatic hydroxyl groups is 4. The maximum Gasteiger partial charge on any atom is 0.336 e. The summed E-state index contributed by atoms with van der Waals surface area (Å²) in [6.07, 6.45) is 9.79. The summed E-state index contributed by atoms with van der Waals surface area (Å²) in [5, 5.41) is 47.5. The molecule has 0 unspecified atom stereocenters. The third-order valence-corrected chi connectivity index (χ3v) is 4.97. The van der Waals surface area contributed by atoms with Crippen LogP contribution >= 0.6 is 0 Å². The number of aliphatic carboxylic acids is 1. The lowest BCUT2D eigenvalue weighted by Crippen LogP contribution is -2.59. The Morgan fingerprint density at radius 3 is 1.77 bits per heavy atom. The van der Waals surface area contributed by atoms with E-state index in [4.69, 9.17) is 14.6 Å². The molecule has 1 heterocycles. The molecule has 0 saturated carbocycles. The van der Waals surface area contributed by atoms with Crippen molar-refractivity contribution < 1.29 is 44.6 Å². The van der Waals surface area contributed by atoms with Crippen LogP contribution in [-0.4, -0.2) is 74.8 Å². The standard InChI is InChI=1S/C26H34O9/c1-16(11-7-13-18(3)24(31)32)9-5-6-10-17(2)12-8-14-19(4)25(33)35-26-23(30)22(29)21(28)20(15-27)34-26/h5-14,20-23,26-30H,15H2,1-4H3,(H,31,32)/b6-5?,11-7+,12-8?,16-9?,17-10?,18-13+,19-14?/t20-,21-,22+,23-,26+/m1/s1. The predicted molar refractivity (Wildman–Crippen MR) is 130 cm³/mol. The molecular formula is C26H34O9. The highest BCUT2D eigenvalue weighted by Gasteiger charge is 2.45. The first-order chi connectivity index (χ1) is 16.5. The maximum absolute atomic E-state index is 12.2. The lowest BCUT2D eigenvalue weighted by molar-refractivity contribution is -0.291. The fraction of sp³-hybridized carbons (Fsp3) is 0.385. The Kier molecular flexibility index (Phi) is 12.9. The van der Waals surface area contributed by atoms with Gasteiger partial charge in [0.1, 0.15) is 24.4 Å². The van der Waals surface area contributed by atoms with Crippen LogP contribution in [0.5, 0.6) is 0 Å². The van der Waals surface area contributed by atoms with Gasteiger partial charge in [-0.2, -0.15) is 0 Å². The van der Waals surface area contributed by atoms with Gasteiger partial charge in [-0.1, -0.05) is 71.9 Å². The number of esters is 1. The molecule has 0 bridgehead atoms. The normalized spacial score (nSPS) is 27.3. The SMILES string of the molecule is CC(C=CC=C(C)C(=O)O[C@@H]1O[C@H](CO)[C@@H](O)[C@H](O)[C@H]1O)=CC=CC=C(C)/C=C/C=C(\C)C(=O)O. The van der Waals surface area contributed by atoms with Gasteiger partial charge in [0.2, 0.25) is 6.29 Å². The Morgan fingerprint density at radius 1 is 0.771 bits per heavy atom. The van der Waals surface area contributed by atoms with Crippen LogP contribution in [0, 0.1) is 0 Å². The maximum atomic E-state index is 12.2. The van der Waals surface area contributed by atoms with E-state index in [0.29, 0.717) is 0 Å². The van der Waals surface area contributed by atoms with Crippen LogP contribution in [0.25, 0.3) is 0 Å². The van der Waals surface area contributed by atoms with Crippen molar-refractivity contribution in [2.24, 2.45) is 0 Å². The minimum atomic E-state index is -1.66. The molecule has 0 spiro atoms. The van der Waals surface area contributed by atoms with Gasteiger partial charge in [0, 0.05) is 11.1 Å². The largest absolute Gasteiger partial charge is 0.478 e. The molecule has 192 valence electrons. The van der Waals surface area contributed by atoms with Crippen molar-refractivity contribution in [3.8, 4) is 0 Å². The summed E-state index contributed by atoms with van der Waals surface area (Å²) >= 11 is 0. The highest BCUT2D eigenvalue weighted by Crippen LogP contribution is 2.22. The molecule has 5 N–H and O–H groups in total. The number of rotatable bonds is 10. The smallest absolute Gasteiger partial charge is 0.336 e. The average Bonchev–Trinajstić information content (AvgIpc) is 2.81. The molecule has 0 radical (unpaired) electrons. The second kappa shape index (κ2) is 15.0. The first-order valence-electron chi connectivity index (χ1n) is 10.9. The van der Waals surface area contributed by atoms with Gasteiger partial charge in [0.25, 0.3) is 0 Å². The molecule has 0 amide bonds. The molecule has 1 saturated heterocycles. The van der Waals surface area contributed by atoms with Crippen molar-refractivity contribution in [3.63, 3.8) is 0 Å². The first kappa shape index (κ1) is 30.0. The van der Waals surface area contributed by atoms with E-state index in [0.717, 1.165) is 11.1 Å². The Bertz CT molecular complexity index is 948. The van der Waals surface area contributed by atoms with Crippen LogP contribution in [0.15, 0.2) is 83.1 Å². The van der Waals surface area contributed by atoms with Crippen LogP contribution in [0.1, 0.15) is 27.7 Å². The molecule has 0 aromatic carbocycles. The summed E-state index contributed by atoms with van der Waals surface area (Å²) in [4.78, 5) is 23.0. The van der Waals surface area contributed by atoms with Gasteiger partial charge in [-0.3, -0.25) is 0 Å². The average molecular weight is 491 g/mol. The zero-order chi connectivity index (χ0) is 26.5. The first-order valence-corrected chi connectivity index (χ1v) is 10.9. The number of carbonyl (C=O) groups excluding carboxylic acids is 1. The van der Waals surface area contributed by atoms with Crippen LogP contribution in [-0.2, 0) is 19.1 Å². The van der Waals surface area contributed by atoms with E-state index in [2.05, 4.69) is 0 Å². The number of allylic oxidation sites excluding steroid dienone is 12. The number of hydrogen-bond acceptors (Lipinski definition) is 8. The molecule has 9 heteroatoms. The van der Waals surface area contributed by atoms with Crippen LogP contribution < -0.4 is 0 Å². The zero-order valence-corrected chi connectivity index (χ0v) is 20.2. The van der Waals surface area contributed by atoms with Crippen molar-refractivity contribution in [3.05, 3.63) is 83.1 Å². The van der Waals surface area contributed by atoms with Gasteiger partial charge >= 0.3 is 11.9 Å². The number of carbonyl (C=O) groups is 2. The van der Waals surface area contributed by atoms with E-state index in [1.807, 2.05) is 38.2 Å². The Hall–Kier alpha value is -3.08.